The van der Waals surface area contributed by atoms with Gasteiger partial charge in [0.2, 0.25) is 0 Å². The monoisotopic (exact) mass is 334 g/mol. The van der Waals surface area contributed by atoms with Gasteiger partial charge in [-0.25, -0.2) is 0 Å². The van der Waals surface area contributed by atoms with Crippen LogP contribution in [-0.4, -0.2) is 36.0 Å². The maximum absolute atomic E-state index is 12.1. The lowest BCUT2D eigenvalue weighted by molar-refractivity contribution is -0.153. The van der Waals surface area contributed by atoms with Crippen molar-refractivity contribution in [3.05, 3.63) is 21.9 Å². The highest BCUT2D eigenvalue weighted by Gasteiger charge is 2.32. The summed E-state index contributed by atoms with van der Waals surface area (Å²) in [4.78, 5) is 12.1. The van der Waals surface area contributed by atoms with Crippen LogP contribution in [0.15, 0.2) is 6.07 Å². The molecule has 0 bridgehead atoms. The number of hydrogen-bond donors (Lipinski definition) is 1. The van der Waals surface area contributed by atoms with Crippen molar-refractivity contribution in [2.24, 2.45) is 13.0 Å². The highest BCUT2D eigenvalue weighted by Crippen LogP contribution is 2.27. The van der Waals surface area contributed by atoms with Crippen LogP contribution >= 0.6 is 23.2 Å². The van der Waals surface area contributed by atoms with Crippen molar-refractivity contribution >= 4 is 29.1 Å². The van der Waals surface area contributed by atoms with Gasteiger partial charge in [0.1, 0.15) is 10.8 Å². The van der Waals surface area contributed by atoms with Gasteiger partial charge in [-0.1, -0.05) is 30.1 Å². The molecule has 2 heterocycles. The highest BCUT2D eigenvalue weighted by atomic mass is 35.5. The van der Waals surface area contributed by atoms with Crippen LogP contribution in [-0.2, 0) is 16.5 Å². The lowest BCUT2D eigenvalue weighted by atomic mass is 10.0. The molecule has 1 aliphatic rings. The Hall–Kier alpha value is -0.750. The van der Waals surface area contributed by atoms with E-state index in [-0.39, 0.29) is 11.8 Å². The van der Waals surface area contributed by atoms with Crippen LogP contribution in [0.1, 0.15) is 30.8 Å². The maximum Gasteiger partial charge on any atom is 0.267 e. The molecule has 0 radical (unpaired) electrons. The van der Waals surface area contributed by atoms with E-state index in [1.54, 1.807) is 17.7 Å². The van der Waals surface area contributed by atoms with Crippen LogP contribution in [0.5, 0.6) is 0 Å². The molecule has 1 atom stereocenters. The molecule has 0 aromatic carbocycles. The number of hydrogen-bond acceptors (Lipinski definition) is 3. The quantitative estimate of drug-likeness (QED) is 0.900. The summed E-state index contributed by atoms with van der Waals surface area (Å²) in [5.74, 6) is -0.512. The smallest absolute Gasteiger partial charge is 0.267 e. The fourth-order valence-corrected chi connectivity index (χ4v) is 2.87. The molecule has 5 nitrogen and oxygen atoms in total. The zero-order valence-electron chi connectivity index (χ0n) is 12.4. The summed E-state index contributed by atoms with van der Waals surface area (Å²) >= 11 is 11.9. The Morgan fingerprint density at radius 3 is 2.62 bits per heavy atom. The Balaban J connectivity index is 1.87. The second-order valence-electron chi connectivity index (χ2n) is 5.58. The Bertz CT molecular complexity index is 525. The van der Waals surface area contributed by atoms with Crippen molar-refractivity contribution in [2.45, 2.75) is 26.1 Å². The summed E-state index contributed by atoms with van der Waals surface area (Å²) in [5, 5.41) is 3.61. The van der Waals surface area contributed by atoms with Gasteiger partial charge >= 0.3 is 0 Å². The predicted octanol–water partition coefficient (Wildman–Crippen LogP) is 2.85. The second-order valence-corrected chi connectivity index (χ2v) is 6.34. The zero-order chi connectivity index (χ0) is 15.6. The van der Waals surface area contributed by atoms with E-state index in [1.165, 1.54) is 0 Å². The van der Waals surface area contributed by atoms with E-state index in [1.807, 2.05) is 13.8 Å². The van der Waals surface area contributed by atoms with Gasteiger partial charge in [-0.3, -0.25) is 4.79 Å². The van der Waals surface area contributed by atoms with Crippen molar-refractivity contribution in [3.63, 3.8) is 0 Å². The molecule has 1 aromatic rings. The SMILES string of the molecule is C[C@H](CNC(=O)c1cc(Cl)c(Cl)n1C)CC1(C)OCCO1. The number of nitrogens with zero attached hydrogens (tertiary/aromatic N) is 1. The van der Waals surface area contributed by atoms with Crippen molar-refractivity contribution in [3.8, 4) is 0 Å². The van der Waals surface area contributed by atoms with Gasteiger partial charge < -0.3 is 19.4 Å². The lowest BCUT2D eigenvalue weighted by Crippen LogP contribution is -2.34. The largest absolute Gasteiger partial charge is 0.350 e. The van der Waals surface area contributed by atoms with Crippen molar-refractivity contribution in [1.29, 1.82) is 0 Å². The van der Waals surface area contributed by atoms with E-state index in [9.17, 15) is 4.79 Å². The Morgan fingerprint density at radius 2 is 2.10 bits per heavy atom. The topological polar surface area (TPSA) is 52.5 Å². The Kier molecular flexibility index (Phi) is 5.20. The molecule has 1 fully saturated rings. The van der Waals surface area contributed by atoms with Crippen LogP contribution in [0.25, 0.3) is 0 Å². The number of rotatable bonds is 5. The van der Waals surface area contributed by atoms with Crippen molar-refractivity contribution in [1.82, 2.24) is 9.88 Å². The summed E-state index contributed by atoms with van der Waals surface area (Å²) in [7, 11) is 1.70. The average Bonchev–Trinajstić information content (AvgIpc) is 2.95. The van der Waals surface area contributed by atoms with Gasteiger partial charge in [-0.2, -0.15) is 0 Å². The molecule has 1 amide bonds. The second kappa shape index (κ2) is 6.57. The number of nitrogens with one attached hydrogen (secondary N) is 1. The van der Waals surface area contributed by atoms with E-state index >= 15 is 0 Å². The fraction of sp³-hybridized carbons (Fsp3) is 0.643. The van der Waals surface area contributed by atoms with Crippen LogP contribution < -0.4 is 5.32 Å². The van der Waals surface area contributed by atoms with Crippen LogP contribution in [0, 0.1) is 5.92 Å². The standard InChI is InChI=1S/C14H20Cl2N2O3/c1-9(7-14(2)20-4-5-21-14)8-17-13(19)11-6-10(15)12(16)18(11)3/h6,9H,4-5,7-8H2,1-3H3,(H,17,19)/t9-/m0/s1. The van der Waals surface area contributed by atoms with Crippen LogP contribution in [0.3, 0.4) is 0 Å². The highest BCUT2D eigenvalue weighted by molar-refractivity contribution is 6.41. The Labute approximate surface area is 134 Å². The van der Waals surface area contributed by atoms with E-state index in [4.69, 9.17) is 32.7 Å². The van der Waals surface area contributed by atoms with Crippen LogP contribution in [0.4, 0.5) is 0 Å². The number of halogens is 2. The third-order valence-electron chi connectivity index (χ3n) is 3.58. The number of ether oxygens (including phenoxy) is 2. The molecule has 118 valence electrons. The zero-order valence-corrected chi connectivity index (χ0v) is 13.9. The summed E-state index contributed by atoms with van der Waals surface area (Å²) in [5.41, 5.74) is 0.441. The Morgan fingerprint density at radius 1 is 1.48 bits per heavy atom. The first kappa shape index (κ1) is 16.6. The minimum atomic E-state index is -0.540. The number of aromatic nitrogens is 1. The lowest BCUT2D eigenvalue weighted by Gasteiger charge is -2.26. The minimum Gasteiger partial charge on any atom is -0.350 e. The maximum atomic E-state index is 12.1. The molecule has 0 unspecified atom stereocenters. The minimum absolute atomic E-state index is 0.198. The molecule has 21 heavy (non-hydrogen) atoms. The molecule has 0 aliphatic carbocycles. The van der Waals surface area contributed by atoms with Gasteiger partial charge in [0, 0.05) is 20.0 Å². The van der Waals surface area contributed by atoms with E-state index in [0.29, 0.717) is 35.6 Å². The molecule has 1 N–H and O–H groups in total. The van der Waals surface area contributed by atoms with Gasteiger partial charge in [-0.15, -0.1) is 0 Å². The molecule has 1 aromatic heterocycles. The summed E-state index contributed by atoms with van der Waals surface area (Å²) in [6, 6.07) is 1.56. The van der Waals surface area contributed by atoms with Gasteiger partial charge in [0.05, 0.1) is 18.2 Å². The normalized spacial score (nSPS) is 18.7. The molecule has 1 aliphatic heterocycles. The van der Waals surface area contributed by atoms with Gasteiger partial charge in [0.25, 0.3) is 5.91 Å². The third-order valence-corrected chi connectivity index (χ3v) is 4.42. The molecule has 0 spiro atoms. The van der Waals surface area contributed by atoms with Crippen molar-refractivity contribution < 1.29 is 14.3 Å². The van der Waals surface area contributed by atoms with Gasteiger partial charge in [-0.05, 0) is 18.9 Å². The third kappa shape index (κ3) is 3.92. The number of carbonyl (C=O) groups is 1. The number of carbonyl (C=O) groups excluding carboxylic acids is 1. The first-order valence-electron chi connectivity index (χ1n) is 6.89. The summed E-state index contributed by atoms with van der Waals surface area (Å²) in [6.07, 6.45) is 0.724. The average molecular weight is 335 g/mol. The molecule has 0 saturated carbocycles. The summed E-state index contributed by atoms with van der Waals surface area (Å²) < 4.78 is 12.7. The molecule has 1 saturated heterocycles. The van der Waals surface area contributed by atoms with E-state index in [0.717, 1.165) is 6.42 Å². The first-order chi connectivity index (χ1) is 9.82. The fourth-order valence-electron chi connectivity index (χ4n) is 2.50. The molecular formula is C14H20Cl2N2O3. The van der Waals surface area contributed by atoms with Gasteiger partial charge in [0.15, 0.2) is 5.79 Å². The summed E-state index contributed by atoms with van der Waals surface area (Å²) in [6.45, 7) is 5.74. The first-order valence-corrected chi connectivity index (χ1v) is 7.65. The molecule has 2 rings (SSSR count). The van der Waals surface area contributed by atoms with Crippen molar-refractivity contribution in [2.75, 3.05) is 19.8 Å². The predicted molar refractivity (Wildman–Crippen MR) is 81.9 cm³/mol. The molecule has 7 heteroatoms. The van der Waals surface area contributed by atoms with Crippen LogP contribution in [0.2, 0.25) is 10.2 Å². The molecular weight excluding hydrogens is 315 g/mol. The van der Waals surface area contributed by atoms with E-state index in [2.05, 4.69) is 5.32 Å². The van der Waals surface area contributed by atoms with E-state index < -0.39 is 5.79 Å². The number of amides is 1.